The van der Waals surface area contributed by atoms with Gasteiger partial charge in [-0.25, -0.2) is 14.6 Å². The zero-order chi connectivity index (χ0) is 29.6. The lowest BCUT2D eigenvalue weighted by molar-refractivity contribution is -0.0334. The van der Waals surface area contributed by atoms with Crippen LogP contribution >= 0.6 is 11.6 Å². The molecule has 10 nitrogen and oxygen atoms in total. The third-order valence-corrected chi connectivity index (χ3v) is 8.50. The molecule has 0 bridgehead atoms. The lowest BCUT2D eigenvalue weighted by Crippen LogP contribution is -2.53. The first-order chi connectivity index (χ1) is 20.1. The molecule has 3 amide bonds. The van der Waals surface area contributed by atoms with Crippen molar-refractivity contribution in [1.82, 2.24) is 24.7 Å². The van der Waals surface area contributed by atoms with E-state index in [4.69, 9.17) is 25.8 Å². The minimum absolute atomic E-state index is 0.0200. The molecule has 224 valence electrons. The van der Waals surface area contributed by atoms with Crippen molar-refractivity contribution in [3.63, 3.8) is 0 Å². The van der Waals surface area contributed by atoms with Crippen molar-refractivity contribution < 1.29 is 23.8 Å². The summed E-state index contributed by atoms with van der Waals surface area (Å²) < 4.78 is 17.3. The summed E-state index contributed by atoms with van der Waals surface area (Å²) in [5.41, 5.74) is 5.16. The number of urea groups is 1. The molecule has 1 aromatic carbocycles. The molecule has 2 atom stereocenters. The van der Waals surface area contributed by atoms with Gasteiger partial charge in [0.2, 0.25) is 0 Å². The highest BCUT2D eigenvalue weighted by Gasteiger charge is 2.37. The van der Waals surface area contributed by atoms with Crippen LogP contribution in [-0.2, 0) is 27.2 Å². The van der Waals surface area contributed by atoms with Gasteiger partial charge in [0.05, 0.1) is 43.5 Å². The third-order valence-electron chi connectivity index (χ3n) is 8.19. The minimum Gasteiger partial charge on any atom is -0.444 e. The number of H-pyrrole nitrogens is 1. The summed E-state index contributed by atoms with van der Waals surface area (Å²) in [6.07, 6.45) is 3.90. The van der Waals surface area contributed by atoms with Crippen molar-refractivity contribution >= 4 is 34.8 Å². The SMILES string of the molecule is C[C@H]1COCCN1C(=O)N1CCc2cc(-c3cnc4[nH]cc(Cl)c4c3)cc([C@@H]3COCCN3C(=O)OC(C)(C)C)c2C1. The monoisotopic (exact) mass is 595 g/mol. The summed E-state index contributed by atoms with van der Waals surface area (Å²) in [4.78, 5) is 40.4. The number of ether oxygens (including phenoxy) is 3. The fourth-order valence-electron chi connectivity index (χ4n) is 6.05. The number of morpholine rings is 2. The normalized spacial score (nSPS) is 21.4. The van der Waals surface area contributed by atoms with Crippen LogP contribution in [0.5, 0.6) is 0 Å². The van der Waals surface area contributed by atoms with Gasteiger partial charge in [0.1, 0.15) is 11.2 Å². The molecular weight excluding hydrogens is 558 g/mol. The second-order valence-electron chi connectivity index (χ2n) is 12.3. The molecule has 5 heterocycles. The van der Waals surface area contributed by atoms with Crippen LogP contribution in [0.4, 0.5) is 9.59 Å². The number of amides is 3. The summed E-state index contributed by atoms with van der Waals surface area (Å²) in [7, 11) is 0. The summed E-state index contributed by atoms with van der Waals surface area (Å²) >= 11 is 6.43. The molecule has 42 heavy (non-hydrogen) atoms. The number of hydrogen-bond donors (Lipinski definition) is 1. The number of nitrogens with one attached hydrogen (secondary N) is 1. The Labute approximate surface area is 250 Å². The zero-order valence-corrected chi connectivity index (χ0v) is 25.4. The molecule has 3 aliphatic rings. The van der Waals surface area contributed by atoms with Gasteiger partial charge in [-0.1, -0.05) is 17.7 Å². The van der Waals surface area contributed by atoms with Gasteiger partial charge in [-0.2, -0.15) is 0 Å². The molecule has 0 unspecified atom stereocenters. The number of fused-ring (bicyclic) bond motifs is 2. The van der Waals surface area contributed by atoms with Crippen molar-refractivity contribution in [3.05, 3.63) is 52.3 Å². The van der Waals surface area contributed by atoms with E-state index < -0.39 is 5.60 Å². The number of hydrogen-bond acceptors (Lipinski definition) is 6. The Balaban J connectivity index is 1.41. The summed E-state index contributed by atoms with van der Waals surface area (Å²) in [5.74, 6) is 0. The first-order valence-electron chi connectivity index (χ1n) is 14.6. The third kappa shape index (κ3) is 5.67. The fourth-order valence-corrected chi connectivity index (χ4v) is 6.25. The van der Waals surface area contributed by atoms with Gasteiger partial charge < -0.3 is 29.0 Å². The van der Waals surface area contributed by atoms with E-state index in [9.17, 15) is 9.59 Å². The van der Waals surface area contributed by atoms with Crippen molar-refractivity contribution in [2.45, 2.75) is 58.3 Å². The quantitative estimate of drug-likeness (QED) is 0.426. The van der Waals surface area contributed by atoms with E-state index in [0.29, 0.717) is 64.1 Å². The van der Waals surface area contributed by atoms with Gasteiger partial charge in [-0.05, 0) is 68.5 Å². The van der Waals surface area contributed by atoms with E-state index in [2.05, 4.69) is 22.1 Å². The van der Waals surface area contributed by atoms with E-state index in [1.807, 2.05) is 49.8 Å². The number of aromatic amines is 1. The maximum absolute atomic E-state index is 13.7. The zero-order valence-electron chi connectivity index (χ0n) is 24.6. The number of benzene rings is 1. The number of aromatic nitrogens is 2. The van der Waals surface area contributed by atoms with Gasteiger partial charge in [-0.3, -0.25) is 4.90 Å². The molecule has 0 aliphatic carbocycles. The number of carbonyl (C=O) groups is 2. The Bertz CT molecular complexity index is 1500. The lowest BCUT2D eigenvalue weighted by atomic mass is 9.87. The standard InChI is InChI=1S/C31H38ClN5O5/c1-19-17-40-9-7-36(19)29(38)35-6-5-20-11-21(22-13-24-26(32)15-34-28(24)33-14-22)12-23(25(20)16-35)27-18-41-10-8-37(27)30(39)42-31(2,3)4/h11-15,19,27H,5-10,16-18H2,1-4H3,(H,33,34)/t19-,27-/m0/s1. The molecule has 2 saturated heterocycles. The van der Waals surface area contributed by atoms with Gasteiger partial charge in [0.25, 0.3) is 0 Å². The predicted molar refractivity (Wildman–Crippen MR) is 160 cm³/mol. The Morgan fingerprint density at radius 2 is 1.81 bits per heavy atom. The van der Waals surface area contributed by atoms with E-state index in [1.165, 1.54) is 0 Å². The first-order valence-corrected chi connectivity index (χ1v) is 15.0. The van der Waals surface area contributed by atoms with E-state index in [0.717, 1.165) is 38.9 Å². The van der Waals surface area contributed by atoms with Gasteiger partial charge in [0.15, 0.2) is 0 Å². The molecule has 3 aliphatic heterocycles. The Hall–Kier alpha value is -3.34. The molecule has 0 saturated carbocycles. The van der Waals surface area contributed by atoms with Crippen LogP contribution in [0.3, 0.4) is 0 Å². The molecule has 11 heteroatoms. The molecule has 6 rings (SSSR count). The fraction of sp³-hybridized carbons (Fsp3) is 0.516. The Kier molecular flexibility index (Phi) is 7.80. The maximum Gasteiger partial charge on any atom is 0.410 e. The van der Waals surface area contributed by atoms with E-state index >= 15 is 0 Å². The van der Waals surface area contributed by atoms with Crippen molar-refractivity contribution in [2.24, 2.45) is 0 Å². The van der Waals surface area contributed by atoms with Crippen LogP contribution in [0.25, 0.3) is 22.2 Å². The van der Waals surface area contributed by atoms with E-state index in [1.54, 1.807) is 11.1 Å². The van der Waals surface area contributed by atoms with Crippen molar-refractivity contribution in [2.75, 3.05) is 46.1 Å². The Morgan fingerprint density at radius 1 is 1.05 bits per heavy atom. The minimum atomic E-state index is -0.629. The first kappa shape index (κ1) is 28.8. The number of pyridine rings is 1. The van der Waals surface area contributed by atoms with Gasteiger partial charge in [-0.15, -0.1) is 0 Å². The average Bonchev–Trinajstić information content (AvgIpc) is 3.35. The molecule has 0 spiro atoms. The summed E-state index contributed by atoms with van der Waals surface area (Å²) in [6, 6.07) is 6.01. The summed E-state index contributed by atoms with van der Waals surface area (Å²) in [6.45, 7) is 11.5. The van der Waals surface area contributed by atoms with Crippen LogP contribution in [0.1, 0.15) is 50.4 Å². The Morgan fingerprint density at radius 3 is 2.57 bits per heavy atom. The number of halogens is 1. The highest BCUT2D eigenvalue weighted by atomic mass is 35.5. The maximum atomic E-state index is 13.7. The molecule has 1 N–H and O–H groups in total. The molecule has 2 aromatic heterocycles. The predicted octanol–water partition coefficient (Wildman–Crippen LogP) is 5.39. The average molecular weight is 596 g/mol. The van der Waals surface area contributed by atoms with Crippen LogP contribution in [0, 0.1) is 0 Å². The second kappa shape index (κ2) is 11.4. The molecule has 0 radical (unpaired) electrons. The van der Waals surface area contributed by atoms with Crippen LogP contribution in [0.2, 0.25) is 5.02 Å². The van der Waals surface area contributed by atoms with Crippen molar-refractivity contribution in [3.8, 4) is 11.1 Å². The largest absolute Gasteiger partial charge is 0.444 e. The van der Waals surface area contributed by atoms with Gasteiger partial charge >= 0.3 is 12.1 Å². The second-order valence-corrected chi connectivity index (χ2v) is 12.7. The number of rotatable bonds is 2. The molecular formula is C31H38ClN5O5. The number of carbonyl (C=O) groups excluding carboxylic acids is 2. The smallest absolute Gasteiger partial charge is 0.410 e. The van der Waals surface area contributed by atoms with Crippen LogP contribution in [-0.4, -0.2) is 94.5 Å². The molecule has 2 fully saturated rings. The highest BCUT2D eigenvalue weighted by Crippen LogP contribution is 2.38. The van der Waals surface area contributed by atoms with Gasteiger partial charge in [0, 0.05) is 49.5 Å². The topological polar surface area (TPSA) is 100 Å². The number of nitrogens with zero attached hydrogens (tertiary/aromatic N) is 4. The van der Waals surface area contributed by atoms with Crippen LogP contribution < -0.4 is 0 Å². The lowest BCUT2D eigenvalue weighted by Gasteiger charge is -2.41. The van der Waals surface area contributed by atoms with Crippen molar-refractivity contribution in [1.29, 1.82) is 0 Å². The van der Waals surface area contributed by atoms with Crippen LogP contribution in [0.15, 0.2) is 30.6 Å². The van der Waals surface area contributed by atoms with E-state index in [-0.39, 0.29) is 24.2 Å². The highest BCUT2D eigenvalue weighted by molar-refractivity contribution is 6.35. The summed E-state index contributed by atoms with van der Waals surface area (Å²) in [5, 5.41) is 1.46. The molecule has 3 aromatic rings.